The number of halogens is 2. The van der Waals surface area contributed by atoms with Gasteiger partial charge in [-0.15, -0.1) is 0 Å². The summed E-state index contributed by atoms with van der Waals surface area (Å²) in [5.74, 6) is -0.225. The van der Waals surface area contributed by atoms with Crippen molar-refractivity contribution in [2.45, 2.75) is 25.7 Å². The van der Waals surface area contributed by atoms with Gasteiger partial charge >= 0.3 is 6.61 Å². The van der Waals surface area contributed by atoms with Crippen molar-refractivity contribution < 1.29 is 28.2 Å². The molecule has 116 valence electrons. The van der Waals surface area contributed by atoms with E-state index >= 15 is 0 Å². The van der Waals surface area contributed by atoms with Crippen LogP contribution in [0.3, 0.4) is 0 Å². The zero-order chi connectivity index (χ0) is 15.4. The van der Waals surface area contributed by atoms with Gasteiger partial charge in [0.15, 0.2) is 0 Å². The van der Waals surface area contributed by atoms with Gasteiger partial charge in [-0.05, 0) is 31.2 Å². The number of hydrogen-bond acceptors (Lipinski definition) is 4. The molecule has 1 aliphatic rings. The van der Waals surface area contributed by atoms with Crippen molar-refractivity contribution in [2.24, 2.45) is 0 Å². The Balaban J connectivity index is 2.05. The number of benzene rings is 1. The van der Waals surface area contributed by atoms with E-state index in [1.165, 1.54) is 24.3 Å². The lowest BCUT2D eigenvalue weighted by Crippen LogP contribution is -2.50. The molecule has 1 aliphatic heterocycles. The van der Waals surface area contributed by atoms with E-state index in [4.69, 9.17) is 9.84 Å². The van der Waals surface area contributed by atoms with Gasteiger partial charge in [0.1, 0.15) is 5.75 Å². The molecule has 1 amide bonds. The van der Waals surface area contributed by atoms with Crippen LogP contribution in [0.15, 0.2) is 24.3 Å². The molecule has 0 radical (unpaired) electrons. The molecule has 0 spiro atoms. The number of amides is 1. The van der Waals surface area contributed by atoms with E-state index in [0.29, 0.717) is 18.7 Å². The molecule has 2 atom stereocenters. The first-order valence-corrected chi connectivity index (χ1v) is 6.60. The molecule has 7 heteroatoms. The number of carbonyl (C=O) groups excluding carboxylic acids is 1. The van der Waals surface area contributed by atoms with Crippen molar-refractivity contribution in [1.82, 2.24) is 4.90 Å². The Morgan fingerprint density at radius 2 is 2.10 bits per heavy atom. The Labute approximate surface area is 121 Å². The summed E-state index contributed by atoms with van der Waals surface area (Å²) in [7, 11) is 0. The van der Waals surface area contributed by atoms with Crippen LogP contribution < -0.4 is 4.74 Å². The van der Waals surface area contributed by atoms with Crippen LogP contribution in [-0.4, -0.2) is 54.4 Å². The fourth-order valence-corrected chi connectivity index (χ4v) is 2.27. The van der Waals surface area contributed by atoms with E-state index in [2.05, 4.69) is 4.74 Å². The van der Waals surface area contributed by atoms with Crippen LogP contribution in [0.4, 0.5) is 8.78 Å². The first kappa shape index (κ1) is 15.7. The number of nitrogens with zero attached hydrogens (tertiary/aromatic N) is 1. The van der Waals surface area contributed by atoms with Crippen LogP contribution in [0.2, 0.25) is 0 Å². The monoisotopic (exact) mass is 301 g/mol. The summed E-state index contributed by atoms with van der Waals surface area (Å²) in [6.45, 7) is -0.506. The van der Waals surface area contributed by atoms with E-state index in [1.807, 2.05) is 6.92 Å². The molecule has 1 aromatic carbocycles. The van der Waals surface area contributed by atoms with Crippen molar-refractivity contribution in [3.8, 4) is 5.75 Å². The Hall–Kier alpha value is -1.73. The van der Waals surface area contributed by atoms with E-state index in [9.17, 15) is 13.6 Å². The molecule has 2 rings (SSSR count). The second-order valence-electron chi connectivity index (χ2n) is 4.86. The minimum atomic E-state index is -2.89. The average Bonchev–Trinajstić information content (AvgIpc) is 2.46. The largest absolute Gasteiger partial charge is 0.435 e. The van der Waals surface area contributed by atoms with Crippen LogP contribution in [-0.2, 0) is 4.74 Å². The molecule has 0 aromatic heterocycles. The van der Waals surface area contributed by atoms with Crippen molar-refractivity contribution in [3.63, 3.8) is 0 Å². The lowest BCUT2D eigenvalue weighted by atomic mass is 10.1. The molecule has 1 fully saturated rings. The standard InChI is InChI=1S/C14H17F2NO4/c1-9-6-17(7-12(8-18)20-9)13(19)10-2-4-11(5-3-10)21-14(15)16/h2-5,9,12,14,18H,6-8H2,1H3. The summed E-state index contributed by atoms with van der Waals surface area (Å²) < 4.78 is 33.8. The highest BCUT2D eigenvalue weighted by atomic mass is 19.3. The zero-order valence-corrected chi connectivity index (χ0v) is 11.5. The third kappa shape index (κ3) is 4.12. The van der Waals surface area contributed by atoms with Gasteiger partial charge in [-0.2, -0.15) is 8.78 Å². The number of aliphatic hydroxyl groups is 1. The SMILES string of the molecule is CC1CN(C(=O)c2ccc(OC(F)F)cc2)CC(CO)O1. The molecular weight excluding hydrogens is 284 g/mol. The maximum atomic E-state index is 12.3. The van der Waals surface area contributed by atoms with Crippen molar-refractivity contribution in [3.05, 3.63) is 29.8 Å². The quantitative estimate of drug-likeness (QED) is 0.916. The highest BCUT2D eigenvalue weighted by Crippen LogP contribution is 2.18. The van der Waals surface area contributed by atoms with E-state index < -0.39 is 12.7 Å². The van der Waals surface area contributed by atoms with Crippen molar-refractivity contribution in [1.29, 1.82) is 0 Å². The Kier molecular flexibility index (Phi) is 5.08. The number of alkyl halides is 2. The minimum absolute atomic E-state index is 0.00475. The van der Waals surface area contributed by atoms with E-state index in [1.54, 1.807) is 4.90 Å². The second kappa shape index (κ2) is 6.82. The van der Waals surface area contributed by atoms with Gasteiger partial charge in [-0.25, -0.2) is 0 Å². The summed E-state index contributed by atoms with van der Waals surface area (Å²) in [5.41, 5.74) is 0.377. The Morgan fingerprint density at radius 1 is 1.43 bits per heavy atom. The highest BCUT2D eigenvalue weighted by molar-refractivity contribution is 5.94. The molecule has 21 heavy (non-hydrogen) atoms. The van der Waals surface area contributed by atoms with Crippen molar-refractivity contribution >= 4 is 5.91 Å². The second-order valence-corrected chi connectivity index (χ2v) is 4.86. The Morgan fingerprint density at radius 3 is 2.67 bits per heavy atom. The van der Waals surface area contributed by atoms with Crippen LogP contribution >= 0.6 is 0 Å². The number of rotatable bonds is 4. The van der Waals surface area contributed by atoms with Crippen LogP contribution in [0, 0.1) is 0 Å². The molecule has 0 aliphatic carbocycles. The molecule has 1 heterocycles. The first-order chi connectivity index (χ1) is 9.99. The third-order valence-corrected chi connectivity index (χ3v) is 3.14. The van der Waals surface area contributed by atoms with Gasteiger partial charge in [0.05, 0.1) is 18.8 Å². The van der Waals surface area contributed by atoms with Gasteiger partial charge in [0.25, 0.3) is 5.91 Å². The molecule has 1 N–H and O–H groups in total. The van der Waals surface area contributed by atoms with Gasteiger partial charge in [-0.3, -0.25) is 4.79 Å². The summed E-state index contributed by atoms with van der Waals surface area (Å²) >= 11 is 0. The number of carbonyl (C=O) groups is 1. The lowest BCUT2D eigenvalue weighted by molar-refractivity contribution is -0.0858. The van der Waals surface area contributed by atoms with Crippen LogP contribution in [0.25, 0.3) is 0 Å². The molecule has 0 saturated carbocycles. The predicted octanol–water partition coefficient (Wildman–Crippen LogP) is 1.51. The topological polar surface area (TPSA) is 59.0 Å². The molecule has 0 bridgehead atoms. The fourth-order valence-electron chi connectivity index (χ4n) is 2.27. The summed E-state index contributed by atoms with van der Waals surface area (Å²) in [5, 5.41) is 9.15. The fraction of sp³-hybridized carbons (Fsp3) is 0.500. The molecular formula is C14H17F2NO4. The minimum Gasteiger partial charge on any atom is -0.435 e. The molecule has 1 saturated heterocycles. The maximum absolute atomic E-state index is 12.3. The van der Waals surface area contributed by atoms with Crippen LogP contribution in [0.1, 0.15) is 17.3 Å². The van der Waals surface area contributed by atoms with Gasteiger partial charge in [0.2, 0.25) is 0 Å². The summed E-state index contributed by atoms with van der Waals surface area (Å²) in [6.07, 6.45) is -0.569. The summed E-state index contributed by atoms with van der Waals surface area (Å²) in [6, 6.07) is 5.53. The average molecular weight is 301 g/mol. The Bertz CT molecular complexity index is 480. The lowest BCUT2D eigenvalue weighted by Gasteiger charge is -2.36. The number of ether oxygens (including phenoxy) is 2. The van der Waals surface area contributed by atoms with E-state index in [-0.39, 0.29) is 24.4 Å². The van der Waals surface area contributed by atoms with Gasteiger partial charge < -0.3 is 19.5 Å². The van der Waals surface area contributed by atoms with Gasteiger partial charge in [-0.1, -0.05) is 0 Å². The van der Waals surface area contributed by atoms with Gasteiger partial charge in [0, 0.05) is 18.7 Å². The molecule has 1 aromatic rings. The molecule has 5 nitrogen and oxygen atoms in total. The number of hydrogen-bond donors (Lipinski definition) is 1. The van der Waals surface area contributed by atoms with Crippen LogP contribution in [0.5, 0.6) is 5.75 Å². The smallest absolute Gasteiger partial charge is 0.387 e. The number of aliphatic hydroxyl groups excluding tert-OH is 1. The first-order valence-electron chi connectivity index (χ1n) is 6.60. The third-order valence-electron chi connectivity index (χ3n) is 3.14. The maximum Gasteiger partial charge on any atom is 0.387 e. The molecule has 2 unspecified atom stereocenters. The zero-order valence-electron chi connectivity index (χ0n) is 11.5. The number of morpholine rings is 1. The normalized spacial score (nSPS) is 22.4. The van der Waals surface area contributed by atoms with Crippen molar-refractivity contribution in [2.75, 3.05) is 19.7 Å². The predicted molar refractivity (Wildman–Crippen MR) is 70.4 cm³/mol. The van der Waals surface area contributed by atoms with E-state index in [0.717, 1.165) is 0 Å². The highest BCUT2D eigenvalue weighted by Gasteiger charge is 2.28. The summed E-state index contributed by atoms with van der Waals surface area (Å²) in [4.78, 5) is 13.9.